The van der Waals surface area contributed by atoms with Crippen LogP contribution in [-0.2, 0) is 13.1 Å². The summed E-state index contributed by atoms with van der Waals surface area (Å²) >= 11 is 0. The molecule has 24 heavy (non-hydrogen) atoms. The van der Waals surface area contributed by atoms with Gasteiger partial charge in [0.15, 0.2) is 0 Å². The Balaban J connectivity index is 2.17. The predicted molar refractivity (Wildman–Crippen MR) is 102 cm³/mol. The molecule has 0 radical (unpaired) electrons. The first-order valence-electron chi connectivity index (χ1n) is 9.14. The molecule has 2 rings (SSSR count). The van der Waals surface area contributed by atoms with Gasteiger partial charge in [-0.05, 0) is 58.9 Å². The van der Waals surface area contributed by atoms with Gasteiger partial charge in [-0.2, -0.15) is 0 Å². The van der Waals surface area contributed by atoms with Crippen LogP contribution in [0.3, 0.4) is 0 Å². The highest BCUT2D eigenvalue weighted by Crippen LogP contribution is 2.29. The molecule has 0 fully saturated rings. The molecule has 0 aromatic carbocycles. The first-order valence-corrected chi connectivity index (χ1v) is 9.14. The second-order valence-corrected chi connectivity index (χ2v) is 7.40. The van der Waals surface area contributed by atoms with Crippen molar-refractivity contribution in [1.82, 2.24) is 19.8 Å². The fraction of sp³-hybridized carbons (Fsp3) is 0.600. The Bertz CT molecular complexity index is 546. The summed E-state index contributed by atoms with van der Waals surface area (Å²) in [6.45, 7) is 4.18. The normalized spacial score (nSPS) is 12.0. The molecule has 0 unspecified atom stereocenters. The molecule has 4 heteroatoms. The molecule has 0 bridgehead atoms. The molecule has 0 atom stereocenters. The summed E-state index contributed by atoms with van der Waals surface area (Å²) in [5.41, 5.74) is 5.24. The molecule has 2 aromatic rings. The van der Waals surface area contributed by atoms with E-state index in [-0.39, 0.29) is 0 Å². The molecule has 4 nitrogen and oxygen atoms in total. The lowest BCUT2D eigenvalue weighted by Gasteiger charge is -2.15. The van der Waals surface area contributed by atoms with Crippen molar-refractivity contribution in [2.24, 2.45) is 0 Å². The van der Waals surface area contributed by atoms with Gasteiger partial charge in [0, 0.05) is 41.8 Å². The van der Waals surface area contributed by atoms with Crippen molar-refractivity contribution in [3.8, 4) is 0 Å². The van der Waals surface area contributed by atoms with Gasteiger partial charge in [0.2, 0.25) is 0 Å². The Morgan fingerprint density at radius 2 is 1.29 bits per heavy atom. The van der Waals surface area contributed by atoms with E-state index in [1.165, 1.54) is 48.5 Å². The highest BCUT2D eigenvalue weighted by molar-refractivity contribution is 5.28. The summed E-state index contributed by atoms with van der Waals surface area (Å²) in [4.78, 5) is 11.7. The van der Waals surface area contributed by atoms with Gasteiger partial charge >= 0.3 is 0 Å². The molecule has 2 N–H and O–H groups in total. The first-order chi connectivity index (χ1) is 11.5. The van der Waals surface area contributed by atoms with Crippen LogP contribution >= 0.6 is 0 Å². The molecule has 0 saturated carbocycles. The van der Waals surface area contributed by atoms with E-state index in [0.717, 1.165) is 13.1 Å². The number of H-pyrrole nitrogens is 2. The molecule has 0 amide bonds. The zero-order valence-corrected chi connectivity index (χ0v) is 16.0. The number of unbranched alkanes of at least 4 members (excludes halogenated alkanes) is 2. The fourth-order valence-electron chi connectivity index (χ4n) is 3.27. The zero-order valence-electron chi connectivity index (χ0n) is 16.0. The van der Waals surface area contributed by atoms with Crippen LogP contribution in [0.5, 0.6) is 0 Å². The van der Waals surface area contributed by atoms with Crippen LogP contribution in [0.2, 0.25) is 0 Å². The minimum Gasteiger partial charge on any atom is -0.361 e. The summed E-state index contributed by atoms with van der Waals surface area (Å²) in [6, 6.07) is 8.99. The largest absolute Gasteiger partial charge is 0.361 e. The van der Waals surface area contributed by atoms with E-state index in [4.69, 9.17) is 0 Å². The number of aromatic amines is 2. The van der Waals surface area contributed by atoms with Crippen molar-refractivity contribution in [1.29, 1.82) is 0 Å². The molecular formula is C20H34N4. The van der Waals surface area contributed by atoms with Gasteiger partial charge in [-0.15, -0.1) is 0 Å². The Morgan fingerprint density at radius 3 is 1.71 bits per heavy atom. The molecule has 0 aliphatic carbocycles. The molecule has 0 aliphatic heterocycles. The van der Waals surface area contributed by atoms with Crippen LogP contribution in [0.1, 0.15) is 61.3 Å². The third-order valence-electron chi connectivity index (χ3n) is 4.36. The summed E-state index contributed by atoms with van der Waals surface area (Å²) in [7, 11) is 8.44. The van der Waals surface area contributed by atoms with Crippen molar-refractivity contribution in [3.63, 3.8) is 0 Å². The van der Waals surface area contributed by atoms with Crippen LogP contribution in [0.4, 0.5) is 0 Å². The Morgan fingerprint density at radius 1 is 0.792 bits per heavy atom. The van der Waals surface area contributed by atoms with Gasteiger partial charge < -0.3 is 19.8 Å². The van der Waals surface area contributed by atoms with Crippen LogP contribution < -0.4 is 0 Å². The maximum Gasteiger partial charge on any atom is 0.0392 e. The predicted octanol–water partition coefficient (Wildman–Crippen LogP) is 4.18. The van der Waals surface area contributed by atoms with Crippen LogP contribution in [0.15, 0.2) is 24.3 Å². The Labute approximate surface area is 147 Å². The highest BCUT2D eigenvalue weighted by Gasteiger charge is 2.18. The molecule has 134 valence electrons. The van der Waals surface area contributed by atoms with Crippen LogP contribution in [-0.4, -0.2) is 48.0 Å². The summed E-state index contributed by atoms with van der Waals surface area (Å²) in [5, 5.41) is 0. The topological polar surface area (TPSA) is 38.1 Å². The minimum atomic E-state index is 0.434. The Kier molecular flexibility index (Phi) is 7.13. The average Bonchev–Trinajstić information content (AvgIpc) is 3.12. The van der Waals surface area contributed by atoms with E-state index < -0.39 is 0 Å². The fourth-order valence-corrected chi connectivity index (χ4v) is 3.27. The molecular weight excluding hydrogens is 296 g/mol. The zero-order chi connectivity index (χ0) is 17.5. The summed E-state index contributed by atoms with van der Waals surface area (Å²) < 4.78 is 0. The average molecular weight is 331 g/mol. The molecule has 0 aliphatic rings. The number of hydrogen-bond acceptors (Lipinski definition) is 2. The van der Waals surface area contributed by atoms with Gasteiger partial charge in [-0.25, -0.2) is 0 Å². The van der Waals surface area contributed by atoms with E-state index in [1.54, 1.807) is 0 Å². The van der Waals surface area contributed by atoms with E-state index in [0.29, 0.717) is 5.92 Å². The number of aromatic nitrogens is 2. The van der Waals surface area contributed by atoms with Crippen LogP contribution in [0.25, 0.3) is 0 Å². The van der Waals surface area contributed by atoms with Crippen molar-refractivity contribution in [2.45, 2.75) is 51.6 Å². The number of hydrogen-bond donors (Lipinski definition) is 2. The second-order valence-electron chi connectivity index (χ2n) is 7.40. The standard InChI is InChI=1S/C20H34N4/c1-6-7-8-9-18(19-12-10-16(21-19)14-23(2)3)20-13-11-17(22-20)15-24(4)5/h10-13,18,21-22H,6-9,14-15H2,1-5H3. The lowest BCUT2D eigenvalue weighted by atomic mass is 9.95. The monoisotopic (exact) mass is 330 g/mol. The van der Waals surface area contributed by atoms with Crippen molar-refractivity contribution < 1.29 is 0 Å². The summed E-state index contributed by atoms with van der Waals surface area (Å²) in [6.07, 6.45) is 5.02. The lowest BCUT2D eigenvalue weighted by Crippen LogP contribution is -2.12. The molecule has 2 aromatic heterocycles. The van der Waals surface area contributed by atoms with Gasteiger partial charge in [0.25, 0.3) is 0 Å². The number of nitrogens with zero attached hydrogens (tertiary/aromatic N) is 2. The van der Waals surface area contributed by atoms with Crippen molar-refractivity contribution >= 4 is 0 Å². The molecule has 2 heterocycles. The van der Waals surface area contributed by atoms with Gasteiger partial charge in [0.1, 0.15) is 0 Å². The van der Waals surface area contributed by atoms with Crippen molar-refractivity contribution in [3.05, 3.63) is 47.0 Å². The summed E-state index contributed by atoms with van der Waals surface area (Å²) in [5.74, 6) is 0.434. The van der Waals surface area contributed by atoms with Gasteiger partial charge in [-0.3, -0.25) is 0 Å². The van der Waals surface area contributed by atoms with Crippen molar-refractivity contribution in [2.75, 3.05) is 28.2 Å². The third kappa shape index (κ3) is 5.53. The SMILES string of the molecule is CCCCCC(c1ccc(CN(C)C)[nH]1)c1ccc(CN(C)C)[nH]1. The smallest absolute Gasteiger partial charge is 0.0392 e. The maximum absolute atomic E-state index is 3.65. The van der Waals surface area contributed by atoms with Crippen LogP contribution in [0, 0.1) is 0 Å². The Hall–Kier alpha value is -1.52. The van der Waals surface area contributed by atoms with E-state index >= 15 is 0 Å². The first kappa shape index (κ1) is 18.8. The minimum absolute atomic E-state index is 0.434. The highest BCUT2D eigenvalue weighted by atomic mass is 15.1. The molecule has 0 spiro atoms. The number of nitrogens with one attached hydrogen (secondary N) is 2. The van der Waals surface area contributed by atoms with Gasteiger partial charge in [0.05, 0.1) is 0 Å². The van der Waals surface area contributed by atoms with E-state index in [1.807, 2.05) is 0 Å². The third-order valence-corrected chi connectivity index (χ3v) is 4.36. The second kappa shape index (κ2) is 9.09. The van der Waals surface area contributed by atoms with Gasteiger partial charge in [-0.1, -0.05) is 26.2 Å². The molecule has 0 saturated heterocycles. The maximum atomic E-state index is 3.65. The lowest BCUT2D eigenvalue weighted by molar-refractivity contribution is 0.396. The number of rotatable bonds is 10. The quantitative estimate of drug-likeness (QED) is 0.641. The van der Waals surface area contributed by atoms with E-state index in [2.05, 4.69) is 79.1 Å². The van der Waals surface area contributed by atoms with E-state index in [9.17, 15) is 0 Å².